The molecule has 0 amide bonds. The molecule has 1 heterocycles. The van der Waals surface area contributed by atoms with Gasteiger partial charge < -0.3 is 0 Å². The van der Waals surface area contributed by atoms with E-state index in [1.165, 1.54) is 6.33 Å². The van der Waals surface area contributed by atoms with E-state index < -0.39 is 0 Å². The summed E-state index contributed by atoms with van der Waals surface area (Å²) in [4.78, 5) is 15.3. The second kappa shape index (κ2) is 3.90. The maximum absolute atomic E-state index is 11.4. The third kappa shape index (κ3) is 1.69. The van der Waals surface area contributed by atoms with E-state index in [1.807, 2.05) is 4.68 Å². The molecule has 2 atom stereocenters. The second-order valence-electron chi connectivity index (χ2n) is 3.89. The van der Waals surface area contributed by atoms with Crippen LogP contribution in [0.15, 0.2) is 12.7 Å². The molecule has 0 spiro atoms. The van der Waals surface area contributed by atoms with Gasteiger partial charge in [-0.05, 0) is 12.3 Å². The minimum Gasteiger partial charge on any atom is -0.300 e. The zero-order chi connectivity index (χ0) is 9.97. The van der Waals surface area contributed by atoms with Gasteiger partial charge in [0.2, 0.25) is 0 Å². The lowest BCUT2D eigenvalue weighted by atomic mass is 9.82. The van der Waals surface area contributed by atoms with Crippen molar-refractivity contribution in [2.75, 3.05) is 0 Å². The van der Waals surface area contributed by atoms with Gasteiger partial charge >= 0.3 is 0 Å². The molecule has 1 saturated carbocycles. The summed E-state index contributed by atoms with van der Waals surface area (Å²) in [5.74, 6) is 0.935. The summed E-state index contributed by atoms with van der Waals surface area (Å²) >= 11 is 0. The van der Waals surface area contributed by atoms with Crippen LogP contribution in [-0.4, -0.2) is 20.5 Å². The van der Waals surface area contributed by atoms with E-state index in [9.17, 15) is 4.79 Å². The summed E-state index contributed by atoms with van der Waals surface area (Å²) in [5, 5.41) is 4.13. The minimum atomic E-state index is 0.240. The van der Waals surface area contributed by atoms with E-state index in [2.05, 4.69) is 17.0 Å². The molecule has 0 aliphatic heterocycles. The average Bonchev–Trinajstić information content (AvgIpc) is 2.70. The Balaban J connectivity index is 2.17. The van der Waals surface area contributed by atoms with Crippen molar-refractivity contribution in [2.24, 2.45) is 5.92 Å². The molecule has 4 heteroatoms. The number of Topliss-reactive ketones (excluding diaryl/α,β-unsaturated/α-hetero) is 1. The molecule has 0 bridgehead atoms. The summed E-state index contributed by atoms with van der Waals surface area (Å²) < 4.78 is 1.84. The molecule has 1 fully saturated rings. The quantitative estimate of drug-likeness (QED) is 0.716. The Morgan fingerprint density at radius 3 is 3.14 bits per heavy atom. The van der Waals surface area contributed by atoms with Gasteiger partial charge in [0.25, 0.3) is 0 Å². The van der Waals surface area contributed by atoms with Crippen molar-refractivity contribution in [3.05, 3.63) is 12.7 Å². The summed E-state index contributed by atoms with van der Waals surface area (Å²) in [6, 6.07) is 0.240. The van der Waals surface area contributed by atoms with E-state index in [-0.39, 0.29) is 6.04 Å². The number of aromatic nitrogens is 3. The first-order chi connectivity index (χ1) is 6.81. The van der Waals surface area contributed by atoms with E-state index in [1.54, 1.807) is 6.33 Å². The summed E-state index contributed by atoms with van der Waals surface area (Å²) in [6.45, 7) is 2.17. The van der Waals surface area contributed by atoms with Gasteiger partial charge in [0.1, 0.15) is 18.4 Å². The third-order valence-electron chi connectivity index (χ3n) is 3.08. The van der Waals surface area contributed by atoms with Crippen molar-refractivity contribution in [2.45, 2.75) is 38.6 Å². The Bertz CT molecular complexity index is 307. The van der Waals surface area contributed by atoms with Gasteiger partial charge in [0.05, 0.1) is 6.04 Å². The Labute approximate surface area is 83.3 Å². The topological polar surface area (TPSA) is 47.8 Å². The van der Waals surface area contributed by atoms with Gasteiger partial charge in [-0.3, -0.25) is 4.79 Å². The van der Waals surface area contributed by atoms with Gasteiger partial charge in [-0.25, -0.2) is 9.67 Å². The van der Waals surface area contributed by atoms with Crippen LogP contribution in [0.2, 0.25) is 0 Å². The van der Waals surface area contributed by atoms with Gasteiger partial charge in [-0.15, -0.1) is 0 Å². The van der Waals surface area contributed by atoms with Gasteiger partial charge in [0, 0.05) is 12.8 Å². The van der Waals surface area contributed by atoms with Crippen LogP contribution in [0.3, 0.4) is 0 Å². The van der Waals surface area contributed by atoms with Crippen LogP contribution >= 0.6 is 0 Å². The molecule has 1 aliphatic rings. The smallest absolute Gasteiger partial charge is 0.137 e. The molecule has 0 saturated heterocycles. The number of hydrogen-bond donors (Lipinski definition) is 0. The molecule has 1 aromatic heterocycles. The lowest BCUT2D eigenvalue weighted by molar-refractivity contribution is -0.122. The van der Waals surface area contributed by atoms with Crippen LogP contribution < -0.4 is 0 Å². The molecular formula is C10H15N3O. The highest BCUT2D eigenvalue weighted by molar-refractivity contribution is 5.79. The fourth-order valence-electron chi connectivity index (χ4n) is 2.22. The largest absolute Gasteiger partial charge is 0.300 e. The SMILES string of the molecule is CCC1CCC(=O)CC1n1cncn1. The Kier molecular flexibility index (Phi) is 2.61. The van der Waals surface area contributed by atoms with Gasteiger partial charge in [-0.2, -0.15) is 5.10 Å². The van der Waals surface area contributed by atoms with Gasteiger partial charge in [-0.1, -0.05) is 13.3 Å². The van der Waals surface area contributed by atoms with Gasteiger partial charge in [0.15, 0.2) is 0 Å². The molecule has 1 aromatic rings. The van der Waals surface area contributed by atoms with Crippen LogP contribution in [0, 0.1) is 5.92 Å². The van der Waals surface area contributed by atoms with E-state index in [0.717, 1.165) is 19.3 Å². The van der Waals surface area contributed by atoms with Crippen LogP contribution in [0.25, 0.3) is 0 Å². The van der Waals surface area contributed by atoms with E-state index in [0.29, 0.717) is 18.1 Å². The van der Waals surface area contributed by atoms with E-state index in [4.69, 9.17) is 0 Å². The third-order valence-corrected chi connectivity index (χ3v) is 3.08. The maximum atomic E-state index is 11.4. The first-order valence-corrected chi connectivity index (χ1v) is 5.17. The lowest BCUT2D eigenvalue weighted by Crippen LogP contribution is -2.27. The molecule has 1 aliphatic carbocycles. The predicted octanol–water partition coefficient (Wildman–Crippen LogP) is 1.60. The Morgan fingerprint density at radius 1 is 1.64 bits per heavy atom. The minimum absolute atomic E-state index is 0.240. The fourth-order valence-corrected chi connectivity index (χ4v) is 2.22. The average molecular weight is 193 g/mol. The van der Waals surface area contributed by atoms with Crippen LogP contribution in [-0.2, 0) is 4.79 Å². The highest BCUT2D eigenvalue weighted by Gasteiger charge is 2.29. The summed E-state index contributed by atoms with van der Waals surface area (Å²) in [6.07, 6.45) is 6.72. The van der Waals surface area contributed by atoms with Crippen molar-refractivity contribution in [3.8, 4) is 0 Å². The standard InChI is InChI=1S/C10H15N3O/c1-2-8-3-4-9(14)5-10(8)13-7-11-6-12-13/h6-8,10H,2-5H2,1H3. The highest BCUT2D eigenvalue weighted by atomic mass is 16.1. The summed E-state index contributed by atoms with van der Waals surface area (Å²) in [7, 11) is 0. The normalized spacial score (nSPS) is 27.9. The molecule has 14 heavy (non-hydrogen) atoms. The highest BCUT2D eigenvalue weighted by Crippen LogP contribution is 2.33. The molecule has 4 nitrogen and oxygen atoms in total. The molecule has 0 aromatic carbocycles. The first-order valence-electron chi connectivity index (χ1n) is 5.17. The number of ketones is 1. The maximum Gasteiger partial charge on any atom is 0.137 e. The fraction of sp³-hybridized carbons (Fsp3) is 0.700. The van der Waals surface area contributed by atoms with Crippen LogP contribution in [0.4, 0.5) is 0 Å². The zero-order valence-electron chi connectivity index (χ0n) is 8.39. The van der Waals surface area contributed by atoms with E-state index >= 15 is 0 Å². The number of hydrogen-bond acceptors (Lipinski definition) is 3. The lowest BCUT2D eigenvalue weighted by Gasteiger charge is -2.29. The first kappa shape index (κ1) is 9.37. The molecule has 0 N–H and O–H groups in total. The molecule has 2 rings (SSSR count). The number of carbonyl (C=O) groups is 1. The Hall–Kier alpha value is -1.19. The molecular weight excluding hydrogens is 178 g/mol. The van der Waals surface area contributed by atoms with Crippen LogP contribution in [0.5, 0.6) is 0 Å². The van der Waals surface area contributed by atoms with Crippen molar-refractivity contribution in [1.29, 1.82) is 0 Å². The Morgan fingerprint density at radius 2 is 2.50 bits per heavy atom. The monoisotopic (exact) mass is 193 g/mol. The molecule has 76 valence electrons. The number of carbonyl (C=O) groups excluding carboxylic acids is 1. The summed E-state index contributed by atoms with van der Waals surface area (Å²) in [5.41, 5.74) is 0. The van der Waals surface area contributed by atoms with Crippen molar-refractivity contribution >= 4 is 5.78 Å². The van der Waals surface area contributed by atoms with Crippen molar-refractivity contribution < 1.29 is 4.79 Å². The van der Waals surface area contributed by atoms with Crippen molar-refractivity contribution in [3.63, 3.8) is 0 Å². The number of rotatable bonds is 2. The molecule has 2 unspecified atom stereocenters. The predicted molar refractivity (Wildman–Crippen MR) is 51.7 cm³/mol. The zero-order valence-corrected chi connectivity index (χ0v) is 8.39. The number of nitrogens with zero attached hydrogens (tertiary/aromatic N) is 3. The molecule has 0 radical (unpaired) electrons. The van der Waals surface area contributed by atoms with Crippen molar-refractivity contribution in [1.82, 2.24) is 14.8 Å². The second-order valence-corrected chi connectivity index (χ2v) is 3.89. The van der Waals surface area contributed by atoms with Crippen LogP contribution in [0.1, 0.15) is 38.6 Å².